The smallest absolute Gasteiger partial charge is 0.419 e. The molecule has 0 aliphatic carbocycles. The summed E-state index contributed by atoms with van der Waals surface area (Å²) >= 11 is 5.60. The maximum atomic E-state index is 13.1. The van der Waals surface area contributed by atoms with Crippen LogP contribution in [0.5, 0.6) is 11.5 Å². The maximum Gasteiger partial charge on any atom is 0.419 e. The Bertz CT molecular complexity index is 650. The van der Waals surface area contributed by atoms with E-state index < -0.39 is 11.7 Å². The SMILES string of the molecule is Cc1ccc(Oc2ccc(CCl)cc2C(F)(F)F)c(C)c1. The Morgan fingerprint density at radius 1 is 1.00 bits per heavy atom. The van der Waals surface area contributed by atoms with E-state index in [-0.39, 0.29) is 11.6 Å². The highest BCUT2D eigenvalue weighted by atomic mass is 35.5. The summed E-state index contributed by atoms with van der Waals surface area (Å²) in [5.41, 5.74) is 1.38. The second-order valence-electron chi connectivity index (χ2n) is 4.83. The van der Waals surface area contributed by atoms with Crippen molar-refractivity contribution in [3.05, 3.63) is 58.7 Å². The molecule has 0 unspecified atom stereocenters. The molecular weight excluding hydrogens is 301 g/mol. The molecule has 0 atom stereocenters. The molecule has 5 heteroatoms. The molecule has 0 fully saturated rings. The summed E-state index contributed by atoms with van der Waals surface area (Å²) in [5.74, 6) is 0.209. The second kappa shape index (κ2) is 5.98. The van der Waals surface area contributed by atoms with Gasteiger partial charge in [0.05, 0.1) is 5.56 Å². The van der Waals surface area contributed by atoms with Crippen molar-refractivity contribution in [2.75, 3.05) is 0 Å². The number of halogens is 4. The van der Waals surface area contributed by atoms with Crippen molar-refractivity contribution in [3.8, 4) is 11.5 Å². The Labute approximate surface area is 126 Å². The van der Waals surface area contributed by atoms with Gasteiger partial charge in [0.25, 0.3) is 0 Å². The molecule has 2 aromatic carbocycles. The lowest BCUT2D eigenvalue weighted by Gasteiger charge is -2.16. The lowest BCUT2D eigenvalue weighted by molar-refractivity contribution is -0.138. The highest BCUT2D eigenvalue weighted by Gasteiger charge is 2.34. The Morgan fingerprint density at radius 3 is 2.24 bits per heavy atom. The Morgan fingerprint density at radius 2 is 1.67 bits per heavy atom. The van der Waals surface area contributed by atoms with Gasteiger partial charge in [0.2, 0.25) is 0 Å². The summed E-state index contributed by atoms with van der Waals surface area (Å²) < 4.78 is 44.8. The Balaban J connectivity index is 2.44. The van der Waals surface area contributed by atoms with E-state index in [1.54, 1.807) is 19.1 Å². The first-order valence-electron chi connectivity index (χ1n) is 6.32. The highest BCUT2D eigenvalue weighted by Crippen LogP contribution is 2.39. The highest BCUT2D eigenvalue weighted by molar-refractivity contribution is 6.17. The van der Waals surface area contributed by atoms with E-state index in [0.29, 0.717) is 11.3 Å². The van der Waals surface area contributed by atoms with Gasteiger partial charge in [-0.25, -0.2) is 0 Å². The minimum atomic E-state index is -4.49. The minimum Gasteiger partial charge on any atom is -0.456 e. The summed E-state index contributed by atoms with van der Waals surface area (Å²) in [6.45, 7) is 3.70. The molecule has 1 nitrogen and oxygen atoms in total. The van der Waals surface area contributed by atoms with E-state index in [2.05, 4.69) is 0 Å². The van der Waals surface area contributed by atoms with E-state index in [0.717, 1.165) is 17.2 Å². The number of alkyl halides is 4. The van der Waals surface area contributed by atoms with Crippen molar-refractivity contribution in [2.45, 2.75) is 25.9 Å². The average molecular weight is 315 g/mol. The van der Waals surface area contributed by atoms with Gasteiger partial charge < -0.3 is 4.74 Å². The number of ether oxygens (including phenoxy) is 1. The fourth-order valence-electron chi connectivity index (χ4n) is 2.00. The first-order valence-corrected chi connectivity index (χ1v) is 6.86. The lowest BCUT2D eigenvalue weighted by atomic mass is 10.1. The molecule has 0 saturated heterocycles. The van der Waals surface area contributed by atoms with Gasteiger partial charge in [0.1, 0.15) is 11.5 Å². The van der Waals surface area contributed by atoms with Crippen molar-refractivity contribution in [1.29, 1.82) is 0 Å². The molecule has 21 heavy (non-hydrogen) atoms. The van der Waals surface area contributed by atoms with Gasteiger partial charge in [0.15, 0.2) is 0 Å². The van der Waals surface area contributed by atoms with Crippen LogP contribution in [0.2, 0.25) is 0 Å². The lowest BCUT2D eigenvalue weighted by Crippen LogP contribution is -2.08. The molecule has 0 amide bonds. The van der Waals surface area contributed by atoms with Crippen LogP contribution in [-0.4, -0.2) is 0 Å². The van der Waals surface area contributed by atoms with E-state index in [1.165, 1.54) is 12.1 Å². The normalized spacial score (nSPS) is 11.5. The van der Waals surface area contributed by atoms with Crippen LogP contribution in [0.1, 0.15) is 22.3 Å². The summed E-state index contributed by atoms with van der Waals surface area (Å²) in [6, 6.07) is 9.17. The van der Waals surface area contributed by atoms with Crippen molar-refractivity contribution in [3.63, 3.8) is 0 Å². The van der Waals surface area contributed by atoms with Crippen LogP contribution in [-0.2, 0) is 12.1 Å². The largest absolute Gasteiger partial charge is 0.456 e. The van der Waals surface area contributed by atoms with Gasteiger partial charge in [-0.15, -0.1) is 11.6 Å². The van der Waals surface area contributed by atoms with Crippen molar-refractivity contribution >= 4 is 11.6 Å². The van der Waals surface area contributed by atoms with Gasteiger partial charge in [-0.1, -0.05) is 23.8 Å². The van der Waals surface area contributed by atoms with E-state index >= 15 is 0 Å². The number of benzene rings is 2. The third-order valence-corrected chi connectivity index (χ3v) is 3.36. The van der Waals surface area contributed by atoms with Gasteiger partial charge in [-0.3, -0.25) is 0 Å². The molecule has 0 saturated carbocycles. The maximum absolute atomic E-state index is 13.1. The summed E-state index contributed by atoms with van der Waals surface area (Å²) in [7, 11) is 0. The first kappa shape index (κ1) is 15.7. The standard InChI is InChI=1S/C16H14ClF3O/c1-10-3-5-14(11(2)7-10)21-15-6-4-12(9-17)8-13(15)16(18,19)20/h3-8H,9H2,1-2H3. The van der Waals surface area contributed by atoms with E-state index in [9.17, 15) is 13.2 Å². The van der Waals surface area contributed by atoms with Gasteiger partial charge in [-0.05, 0) is 43.2 Å². The molecule has 0 aromatic heterocycles. The number of hydrogen-bond acceptors (Lipinski definition) is 1. The van der Waals surface area contributed by atoms with Crippen LogP contribution < -0.4 is 4.74 Å². The summed E-state index contributed by atoms with van der Waals surface area (Å²) in [4.78, 5) is 0. The average Bonchev–Trinajstić information content (AvgIpc) is 2.41. The molecule has 112 valence electrons. The predicted octanol–water partition coefficient (Wildman–Crippen LogP) is 5.85. The van der Waals surface area contributed by atoms with Crippen LogP contribution in [0.25, 0.3) is 0 Å². The molecule has 0 aliphatic heterocycles. The predicted molar refractivity (Wildman–Crippen MR) is 77.0 cm³/mol. The number of rotatable bonds is 3. The third-order valence-electron chi connectivity index (χ3n) is 3.05. The zero-order valence-corrected chi connectivity index (χ0v) is 12.3. The molecule has 0 radical (unpaired) electrons. The Kier molecular flexibility index (Phi) is 4.47. The number of hydrogen-bond donors (Lipinski definition) is 0. The van der Waals surface area contributed by atoms with Crippen LogP contribution in [0.15, 0.2) is 36.4 Å². The van der Waals surface area contributed by atoms with E-state index in [1.807, 2.05) is 13.0 Å². The minimum absolute atomic E-state index is 0.0208. The number of aryl methyl sites for hydroxylation is 2. The van der Waals surface area contributed by atoms with Gasteiger partial charge in [-0.2, -0.15) is 13.2 Å². The monoisotopic (exact) mass is 314 g/mol. The van der Waals surface area contributed by atoms with E-state index in [4.69, 9.17) is 16.3 Å². The Hall–Kier alpha value is -1.68. The third kappa shape index (κ3) is 3.70. The summed E-state index contributed by atoms with van der Waals surface area (Å²) in [6.07, 6.45) is -4.49. The van der Waals surface area contributed by atoms with Gasteiger partial charge in [0, 0.05) is 5.88 Å². The van der Waals surface area contributed by atoms with Crippen LogP contribution in [0, 0.1) is 13.8 Å². The molecule has 0 aliphatic rings. The van der Waals surface area contributed by atoms with Gasteiger partial charge >= 0.3 is 6.18 Å². The van der Waals surface area contributed by atoms with Crippen molar-refractivity contribution in [2.24, 2.45) is 0 Å². The topological polar surface area (TPSA) is 9.23 Å². The summed E-state index contributed by atoms with van der Waals surface area (Å²) in [5, 5.41) is 0. The molecule has 0 spiro atoms. The molecule has 0 bridgehead atoms. The zero-order valence-electron chi connectivity index (χ0n) is 11.6. The van der Waals surface area contributed by atoms with Crippen LogP contribution in [0.3, 0.4) is 0 Å². The fraction of sp³-hybridized carbons (Fsp3) is 0.250. The molecule has 0 heterocycles. The van der Waals surface area contributed by atoms with Crippen LogP contribution >= 0.6 is 11.6 Å². The van der Waals surface area contributed by atoms with Crippen molar-refractivity contribution < 1.29 is 17.9 Å². The molecular formula is C16H14ClF3O. The van der Waals surface area contributed by atoms with Crippen molar-refractivity contribution in [1.82, 2.24) is 0 Å². The zero-order chi connectivity index (χ0) is 15.6. The van der Waals surface area contributed by atoms with Crippen LogP contribution in [0.4, 0.5) is 13.2 Å². The molecule has 2 aromatic rings. The fourth-order valence-corrected chi connectivity index (χ4v) is 2.17. The molecule has 0 N–H and O–H groups in total. The molecule has 2 rings (SSSR count). The second-order valence-corrected chi connectivity index (χ2v) is 5.10. The quantitative estimate of drug-likeness (QED) is 0.645. The first-order chi connectivity index (χ1) is 9.81.